The first-order valence-corrected chi connectivity index (χ1v) is 6.29. The first kappa shape index (κ1) is 12.1. The lowest BCUT2D eigenvalue weighted by Gasteiger charge is -2.09. The standard InChI is InChI=1S/C14H18FNO/c15-13-7-5-12(6-8-13)14(17)16-10-9-11-3-1-2-4-11/h5-8,11H,1-4,9-10H2,(H,16,17). The maximum atomic E-state index is 12.7. The van der Waals surface area contributed by atoms with Gasteiger partial charge in [-0.05, 0) is 36.6 Å². The van der Waals surface area contributed by atoms with Crippen molar-refractivity contribution in [1.82, 2.24) is 5.32 Å². The minimum absolute atomic E-state index is 0.108. The highest BCUT2D eigenvalue weighted by atomic mass is 19.1. The normalized spacial score (nSPS) is 16.1. The number of halogens is 1. The van der Waals surface area contributed by atoms with Gasteiger partial charge in [0.15, 0.2) is 0 Å². The summed E-state index contributed by atoms with van der Waals surface area (Å²) >= 11 is 0. The Hall–Kier alpha value is -1.38. The zero-order chi connectivity index (χ0) is 12.1. The van der Waals surface area contributed by atoms with Crippen molar-refractivity contribution in [3.63, 3.8) is 0 Å². The molecule has 0 aliphatic heterocycles. The Kier molecular flexibility index (Phi) is 4.13. The molecule has 0 unspecified atom stereocenters. The Morgan fingerprint density at radius 2 is 1.88 bits per heavy atom. The molecule has 0 saturated heterocycles. The van der Waals surface area contributed by atoms with E-state index in [-0.39, 0.29) is 11.7 Å². The van der Waals surface area contributed by atoms with E-state index in [0.29, 0.717) is 5.56 Å². The van der Waals surface area contributed by atoms with Gasteiger partial charge in [0.2, 0.25) is 0 Å². The fourth-order valence-electron chi connectivity index (χ4n) is 2.39. The second-order valence-corrected chi connectivity index (χ2v) is 4.70. The molecule has 1 N–H and O–H groups in total. The van der Waals surface area contributed by atoms with Crippen molar-refractivity contribution in [1.29, 1.82) is 0 Å². The topological polar surface area (TPSA) is 29.1 Å². The molecule has 2 rings (SSSR count). The van der Waals surface area contributed by atoms with Gasteiger partial charge in [0.25, 0.3) is 5.91 Å². The Balaban J connectivity index is 1.75. The molecule has 1 aromatic carbocycles. The summed E-state index contributed by atoms with van der Waals surface area (Å²) in [6.07, 6.45) is 6.32. The highest BCUT2D eigenvalue weighted by molar-refractivity contribution is 5.94. The van der Waals surface area contributed by atoms with Gasteiger partial charge in [-0.1, -0.05) is 25.7 Å². The fourth-order valence-corrected chi connectivity index (χ4v) is 2.39. The third-order valence-electron chi connectivity index (χ3n) is 3.42. The highest BCUT2D eigenvalue weighted by Gasteiger charge is 2.14. The third kappa shape index (κ3) is 3.55. The quantitative estimate of drug-likeness (QED) is 0.853. The predicted molar refractivity (Wildman–Crippen MR) is 65.3 cm³/mol. The average molecular weight is 235 g/mol. The van der Waals surface area contributed by atoms with Gasteiger partial charge in [0.05, 0.1) is 0 Å². The number of rotatable bonds is 4. The van der Waals surface area contributed by atoms with Crippen LogP contribution in [-0.4, -0.2) is 12.5 Å². The Labute approximate surface area is 101 Å². The number of carbonyl (C=O) groups excluding carboxylic acids is 1. The van der Waals surface area contributed by atoms with Crippen molar-refractivity contribution in [2.45, 2.75) is 32.1 Å². The van der Waals surface area contributed by atoms with Crippen LogP contribution >= 0.6 is 0 Å². The Morgan fingerprint density at radius 1 is 1.24 bits per heavy atom. The predicted octanol–water partition coefficient (Wildman–Crippen LogP) is 3.14. The monoisotopic (exact) mass is 235 g/mol. The van der Waals surface area contributed by atoms with Gasteiger partial charge in [0.1, 0.15) is 5.82 Å². The molecule has 17 heavy (non-hydrogen) atoms. The van der Waals surface area contributed by atoms with Crippen molar-refractivity contribution >= 4 is 5.91 Å². The molecule has 1 amide bonds. The molecule has 1 fully saturated rings. The van der Waals surface area contributed by atoms with Crippen molar-refractivity contribution in [2.75, 3.05) is 6.54 Å². The van der Waals surface area contributed by atoms with E-state index in [0.717, 1.165) is 18.9 Å². The molecule has 1 saturated carbocycles. The number of amides is 1. The molecule has 2 nitrogen and oxygen atoms in total. The maximum Gasteiger partial charge on any atom is 0.251 e. The van der Waals surface area contributed by atoms with Crippen LogP contribution in [0.1, 0.15) is 42.5 Å². The van der Waals surface area contributed by atoms with Crippen molar-refractivity contribution in [3.05, 3.63) is 35.6 Å². The van der Waals surface area contributed by atoms with E-state index >= 15 is 0 Å². The van der Waals surface area contributed by atoms with Crippen LogP contribution in [0.2, 0.25) is 0 Å². The van der Waals surface area contributed by atoms with Gasteiger partial charge < -0.3 is 5.32 Å². The van der Waals surface area contributed by atoms with E-state index in [4.69, 9.17) is 0 Å². The second-order valence-electron chi connectivity index (χ2n) is 4.70. The van der Waals surface area contributed by atoms with Gasteiger partial charge in [-0.3, -0.25) is 4.79 Å². The van der Waals surface area contributed by atoms with Gasteiger partial charge in [0, 0.05) is 12.1 Å². The zero-order valence-electron chi connectivity index (χ0n) is 9.92. The van der Waals surface area contributed by atoms with E-state index in [1.54, 1.807) is 0 Å². The second kappa shape index (κ2) is 5.80. The van der Waals surface area contributed by atoms with Crippen LogP contribution in [0, 0.1) is 11.7 Å². The van der Waals surface area contributed by atoms with Crippen LogP contribution in [0.15, 0.2) is 24.3 Å². The van der Waals surface area contributed by atoms with E-state index in [1.165, 1.54) is 49.9 Å². The molecular weight excluding hydrogens is 217 g/mol. The molecule has 0 bridgehead atoms. The number of hydrogen-bond donors (Lipinski definition) is 1. The summed E-state index contributed by atoms with van der Waals surface area (Å²) in [6, 6.07) is 5.65. The molecular formula is C14H18FNO. The van der Waals surface area contributed by atoms with Crippen LogP contribution in [0.5, 0.6) is 0 Å². The first-order valence-electron chi connectivity index (χ1n) is 6.29. The first-order chi connectivity index (χ1) is 8.25. The molecule has 0 radical (unpaired) electrons. The fraction of sp³-hybridized carbons (Fsp3) is 0.500. The zero-order valence-corrected chi connectivity index (χ0v) is 9.92. The van der Waals surface area contributed by atoms with Crippen LogP contribution < -0.4 is 5.32 Å². The van der Waals surface area contributed by atoms with Crippen LogP contribution in [-0.2, 0) is 0 Å². The van der Waals surface area contributed by atoms with Crippen LogP contribution in [0.3, 0.4) is 0 Å². The highest BCUT2D eigenvalue weighted by Crippen LogP contribution is 2.26. The molecule has 92 valence electrons. The molecule has 0 aromatic heterocycles. The Bertz CT molecular complexity index is 368. The molecule has 0 spiro atoms. The molecule has 3 heteroatoms. The number of nitrogens with one attached hydrogen (secondary N) is 1. The molecule has 1 aliphatic rings. The van der Waals surface area contributed by atoms with E-state index in [9.17, 15) is 9.18 Å². The SMILES string of the molecule is O=C(NCCC1CCCC1)c1ccc(F)cc1. The summed E-state index contributed by atoms with van der Waals surface area (Å²) < 4.78 is 12.7. The summed E-state index contributed by atoms with van der Waals surface area (Å²) in [5.41, 5.74) is 0.526. The minimum atomic E-state index is -0.312. The lowest BCUT2D eigenvalue weighted by molar-refractivity contribution is 0.0951. The van der Waals surface area contributed by atoms with E-state index in [1.807, 2.05) is 0 Å². The van der Waals surface area contributed by atoms with Gasteiger partial charge in [-0.15, -0.1) is 0 Å². The summed E-state index contributed by atoms with van der Waals surface area (Å²) in [5.74, 6) is 0.360. The average Bonchev–Trinajstić information content (AvgIpc) is 2.83. The largest absolute Gasteiger partial charge is 0.352 e. The summed E-state index contributed by atoms with van der Waals surface area (Å²) in [5, 5.41) is 2.88. The minimum Gasteiger partial charge on any atom is -0.352 e. The van der Waals surface area contributed by atoms with Crippen LogP contribution in [0.4, 0.5) is 4.39 Å². The molecule has 0 atom stereocenters. The van der Waals surface area contributed by atoms with Gasteiger partial charge in [-0.25, -0.2) is 4.39 Å². The number of benzene rings is 1. The summed E-state index contributed by atoms with van der Waals surface area (Å²) in [6.45, 7) is 0.723. The van der Waals surface area contributed by atoms with E-state index < -0.39 is 0 Å². The number of hydrogen-bond acceptors (Lipinski definition) is 1. The summed E-state index contributed by atoms with van der Waals surface area (Å²) in [4.78, 5) is 11.7. The lowest BCUT2D eigenvalue weighted by atomic mass is 10.0. The molecule has 1 aromatic rings. The van der Waals surface area contributed by atoms with Crippen LogP contribution in [0.25, 0.3) is 0 Å². The molecule has 0 heterocycles. The molecule has 1 aliphatic carbocycles. The van der Waals surface area contributed by atoms with Crippen molar-refractivity contribution < 1.29 is 9.18 Å². The third-order valence-corrected chi connectivity index (χ3v) is 3.42. The number of carbonyl (C=O) groups is 1. The van der Waals surface area contributed by atoms with Crippen molar-refractivity contribution in [2.24, 2.45) is 5.92 Å². The summed E-state index contributed by atoms with van der Waals surface area (Å²) in [7, 11) is 0. The van der Waals surface area contributed by atoms with Gasteiger partial charge >= 0.3 is 0 Å². The Morgan fingerprint density at radius 3 is 2.53 bits per heavy atom. The maximum absolute atomic E-state index is 12.7. The van der Waals surface area contributed by atoms with Gasteiger partial charge in [-0.2, -0.15) is 0 Å². The van der Waals surface area contributed by atoms with E-state index in [2.05, 4.69) is 5.32 Å². The lowest BCUT2D eigenvalue weighted by Crippen LogP contribution is -2.25. The smallest absolute Gasteiger partial charge is 0.251 e. The van der Waals surface area contributed by atoms with Crippen molar-refractivity contribution in [3.8, 4) is 0 Å².